The minimum Gasteiger partial charge on any atom is -0.368 e. The molecule has 0 aliphatic carbocycles. The normalized spacial score (nSPS) is 14.5. The van der Waals surface area contributed by atoms with E-state index in [1.165, 1.54) is 22.3 Å². The molecule has 0 spiro atoms. The Hall–Kier alpha value is -3.34. The SMILES string of the molecule is CCc1nn(-c2ccccc2)c2cc(N3CCN(c4ccncc4)CC3)ccc12. The third-order valence-corrected chi connectivity index (χ3v) is 5.75. The van der Waals surface area contributed by atoms with Gasteiger partial charge < -0.3 is 9.80 Å². The van der Waals surface area contributed by atoms with Crippen molar-refractivity contribution in [3.8, 4) is 5.69 Å². The van der Waals surface area contributed by atoms with Crippen LogP contribution < -0.4 is 9.80 Å². The third kappa shape index (κ3) is 3.33. The smallest absolute Gasteiger partial charge is 0.0764 e. The number of fused-ring (bicyclic) bond motifs is 1. The first-order valence-electron chi connectivity index (χ1n) is 10.3. The van der Waals surface area contributed by atoms with Crippen molar-refractivity contribution >= 4 is 22.3 Å². The lowest BCUT2D eigenvalue weighted by Gasteiger charge is -2.37. The molecule has 2 aromatic heterocycles. The lowest BCUT2D eigenvalue weighted by atomic mass is 10.1. The van der Waals surface area contributed by atoms with E-state index in [1.54, 1.807) is 0 Å². The van der Waals surface area contributed by atoms with Crippen LogP contribution in [-0.2, 0) is 6.42 Å². The molecule has 0 radical (unpaired) electrons. The number of hydrogen-bond donors (Lipinski definition) is 0. The van der Waals surface area contributed by atoms with Crippen molar-refractivity contribution in [2.24, 2.45) is 0 Å². The van der Waals surface area contributed by atoms with Crippen LogP contribution in [0.15, 0.2) is 73.1 Å². The van der Waals surface area contributed by atoms with Crippen molar-refractivity contribution in [1.82, 2.24) is 14.8 Å². The largest absolute Gasteiger partial charge is 0.368 e. The van der Waals surface area contributed by atoms with E-state index < -0.39 is 0 Å². The Labute approximate surface area is 171 Å². The summed E-state index contributed by atoms with van der Waals surface area (Å²) in [6.45, 7) is 6.21. The average molecular weight is 383 g/mol. The van der Waals surface area contributed by atoms with E-state index in [4.69, 9.17) is 5.10 Å². The van der Waals surface area contributed by atoms with Gasteiger partial charge in [0.1, 0.15) is 0 Å². The van der Waals surface area contributed by atoms with Gasteiger partial charge in [-0.2, -0.15) is 5.10 Å². The Morgan fingerprint density at radius 1 is 0.759 bits per heavy atom. The molecule has 1 aliphatic heterocycles. The third-order valence-electron chi connectivity index (χ3n) is 5.75. The van der Waals surface area contributed by atoms with Gasteiger partial charge in [0.15, 0.2) is 0 Å². The Bertz CT molecular complexity index is 1100. The highest BCUT2D eigenvalue weighted by Crippen LogP contribution is 2.28. The molecule has 1 aliphatic rings. The number of pyridine rings is 1. The van der Waals surface area contributed by atoms with Crippen molar-refractivity contribution in [3.63, 3.8) is 0 Å². The summed E-state index contributed by atoms with van der Waals surface area (Å²) in [7, 11) is 0. The highest BCUT2D eigenvalue weighted by atomic mass is 15.3. The molecule has 5 heteroatoms. The number of aryl methyl sites for hydroxylation is 1. The van der Waals surface area contributed by atoms with Crippen molar-refractivity contribution in [2.75, 3.05) is 36.0 Å². The van der Waals surface area contributed by atoms with Gasteiger partial charge in [-0.1, -0.05) is 25.1 Å². The molecule has 0 amide bonds. The van der Waals surface area contributed by atoms with Gasteiger partial charge in [0.25, 0.3) is 0 Å². The van der Waals surface area contributed by atoms with E-state index in [2.05, 4.69) is 81.0 Å². The first kappa shape index (κ1) is 17.7. The first-order chi connectivity index (χ1) is 14.3. The predicted octanol–water partition coefficient (Wildman–Crippen LogP) is 4.31. The second-order valence-electron chi connectivity index (χ2n) is 7.43. The molecule has 5 nitrogen and oxygen atoms in total. The van der Waals surface area contributed by atoms with Crippen LogP contribution in [0, 0.1) is 0 Å². The number of rotatable bonds is 4. The molecule has 0 N–H and O–H groups in total. The number of nitrogens with zero attached hydrogens (tertiary/aromatic N) is 5. The molecule has 0 unspecified atom stereocenters. The lowest BCUT2D eigenvalue weighted by molar-refractivity contribution is 0.653. The second-order valence-corrected chi connectivity index (χ2v) is 7.43. The zero-order chi connectivity index (χ0) is 19.6. The molecule has 2 aromatic carbocycles. The molecule has 1 saturated heterocycles. The van der Waals surface area contributed by atoms with Crippen molar-refractivity contribution in [3.05, 3.63) is 78.8 Å². The molecule has 3 heterocycles. The van der Waals surface area contributed by atoms with E-state index in [-0.39, 0.29) is 0 Å². The molecule has 29 heavy (non-hydrogen) atoms. The van der Waals surface area contributed by atoms with Crippen LogP contribution in [0.4, 0.5) is 11.4 Å². The topological polar surface area (TPSA) is 37.2 Å². The van der Waals surface area contributed by atoms with E-state index >= 15 is 0 Å². The van der Waals surface area contributed by atoms with E-state index in [0.29, 0.717) is 0 Å². The summed E-state index contributed by atoms with van der Waals surface area (Å²) in [6.07, 6.45) is 4.66. The van der Waals surface area contributed by atoms with E-state index in [1.807, 2.05) is 18.5 Å². The van der Waals surface area contributed by atoms with Crippen LogP contribution in [0.25, 0.3) is 16.6 Å². The van der Waals surface area contributed by atoms with Gasteiger partial charge in [0.2, 0.25) is 0 Å². The van der Waals surface area contributed by atoms with Crippen molar-refractivity contribution < 1.29 is 0 Å². The van der Waals surface area contributed by atoms with Gasteiger partial charge in [0, 0.05) is 55.3 Å². The fourth-order valence-corrected chi connectivity index (χ4v) is 4.17. The maximum atomic E-state index is 4.90. The van der Waals surface area contributed by atoms with Crippen LogP contribution in [0.3, 0.4) is 0 Å². The Balaban J connectivity index is 1.44. The second kappa shape index (κ2) is 7.59. The van der Waals surface area contributed by atoms with Gasteiger partial charge in [-0.3, -0.25) is 4.98 Å². The number of hydrogen-bond acceptors (Lipinski definition) is 4. The molecule has 0 saturated carbocycles. The summed E-state index contributed by atoms with van der Waals surface area (Å²) in [5, 5.41) is 6.15. The zero-order valence-corrected chi connectivity index (χ0v) is 16.7. The quantitative estimate of drug-likeness (QED) is 0.526. The molecule has 146 valence electrons. The molecule has 4 aromatic rings. The monoisotopic (exact) mass is 383 g/mol. The van der Waals surface area contributed by atoms with Gasteiger partial charge in [-0.05, 0) is 48.9 Å². The summed E-state index contributed by atoms with van der Waals surface area (Å²) in [5.41, 5.74) is 5.97. The number of aromatic nitrogens is 3. The van der Waals surface area contributed by atoms with Gasteiger partial charge in [-0.25, -0.2) is 4.68 Å². The summed E-state index contributed by atoms with van der Waals surface area (Å²) in [6, 6.07) is 21.4. The van der Waals surface area contributed by atoms with Crippen molar-refractivity contribution in [2.45, 2.75) is 13.3 Å². The summed E-state index contributed by atoms with van der Waals surface area (Å²) < 4.78 is 2.09. The Morgan fingerprint density at radius 3 is 2.14 bits per heavy atom. The van der Waals surface area contributed by atoms with Gasteiger partial charge in [-0.15, -0.1) is 0 Å². The molecule has 0 atom stereocenters. The van der Waals surface area contributed by atoms with Gasteiger partial charge >= 0.3 is 0 Å². The fourth-order valence-electron chi connectivity index (χ4n) is 4.17. The standard InChI is InChI=1S/C24H25N5/c1-2-23-22-9-8-21(18-24(22)29(26-23)20-6-4-3-5-7-20)28-16-14-27(15-17-28)19-10-12-25-13-11-19/h3-13,18H,2,14-17H2,1H3. The molecule has 5 rings (SSSR count). The lowest BCUT2D eigenvalue weighted by Crippen LogP contribution is -2.46. The van der Waals surface area contributed by atoms with Crippen LogP contribution in [0.2, 0.25) is 0 Å². The number of piperazine rings is 1. The summed E-state index contributed by atoms with van der Waals surface area (Å²) in [5.74, 6) is 0. The maximum absolute atomic E-state index is 4.90. The average Bonchev–Trinajstić information content (AvgIpc) is 3.18. The number of para-hydroxylation sites is 1. The number of benzene rings is 2. The van der Waals surface area contributed by atoms with Gasteiger partial charge in [0.05, 0.1) is 16.9 Å². The fraction of sp³-hybridized carbons (Fsp3) is 0.250. The molecular weight excluding hydrogens is 358 g/mol. The first-order valence-corrected chi connectivity index (χ1v) is 10.3. The number of anilines is 2. The molecule has 1 fully saturated rings. The molecule has 0 bridgehead atoms. The molecular formula is C24H25N5. The Kier molecular flexibility index (Phi) is 4.64. The van der Waals surface area contributed by atoms with Crippen LogP contribution in [0.5, 0.6) is 0 Å². The van der Waals surface area contributed by atoms with Crippen LogP contribution in [0.1, 0.15) is 12.6 Å². The zero-order valence-electron chi connectivity index (χ0n) is 16.7. The van der Waals surface area contributed by atoms with E-state index in [9.17, 15) is 0 Å². The predicted molar refractivity (Wildman–Crippen MR) is 119 cm³/mol. The minimum atomic E-state index is 0.931. The highest BCUT2D eigenvalue weighted by molar-refractivity contribution is 5.87. The van der Waals surface area contributed by atoms with Crippen molar-refractivity contribution in [1.29, 1.82) is 0 Å². The van der Waals surface area contributed by atoms with E-state index in [0.717, 1.165) is 44.0 Å². The highest BCUT2D eigenvalue weighted by Gasteiger charge is 2.19. The van der Waals surface area contributed by atoms with Crippen LogP contribution in [-0.4, -0.2) is 40.9 Å². The minimum absolute atomic E-state index is 0.931. The summed E-state index contributed by atoms with van der Waals surface area (Å²) in [4.78, 5) is 9.04. The summed E-state index contributed by atoms with van der Waals surface area (Å²) >= 11 is 0. The Morgan fingerprint density at radius 2 is 1.45 bits per heavy atom. The van der Waals surface area contributed by atoms with Crippen LogP contribution >= 0.6 is 0 Å². The maximum Gasteiger partial charge on any atom is 0.0764 e.